The average molecular weight is 305 g/mol. The zero-order chi connectivity index (χ0) is 16.0. The first kappa shape index (κ1) is 16.8. The van der Waals surface area contributed by atoms with E-state index in [0.717, 1.165) is 44.8 Å². The minimum absolute atomic E-state index is 0.197. The van der Waals surface area contributed by atoms with Gasteiger partial charge in [-0.1, -0.05) is 19.1 Å². The smallest absolute Gasteiger partial charge is 0.222 e. The quantitative estimate of drug-likeness (QED) is 0.811. The van der Waals surface area contributed by atoms with Gasteiger partial charge in [0.05, 0.1) is 7.11 Å². The lowest BCUT2D eigenvalue weighted by molar-refractivity contribution is -0.132. The molecule has 1 fully saturated rings. The number of aryl methyl sites for hydroxylation is 1. The van der Waals surface area contributed by atoms with E-state index in [0.29, 0.717) is 6.42 Å². The fraction of sp³-hybridized carbons (Fsp3) is 0.611. The molecule has 1 saturated heterocycles. The van der Waals surface area contributed by atoms with Crippen LogP contribution < -0.4 is 4.74 Å². The summed E-state index contributed by atoms with van der Waals surface area (Å²) in [4.78, 5) is 14.2. The molecule has 22 heavy (non-hydrogen) atoms. The second-order valence-corrected chi connectivity index (χ2v) is 6.52. The molecule has 1 aromatic rings. The van der Waals surface area contributed by atoms with E-state index < -0.39 is 0 Å². The van der Waals surface area contributed by atoms with Crippen LogP contribution in [0.25, 0.3) is 0 Å². The zero-order valence-corrected chi connectivity index (χ0v) is 13.9. The molecule has 0 spiro atoms. The maximum absolute atomic E-state index is 12.3. The number of ether oxygens (including phenoxy) is 2. The molecule has 4 nitrogen and oxygen atoms in total. The fourth-order valence-electron chi connectivity index (χ4n) is 2.92. The normalized spacial score (nSPS) is 17.0. The van der Waals surface area contributed by atoms with Crippen molar-refractivity contribution in [3.63, 3.8) is 0 Å². The predicted molar refractivity (Wildman–Crippen MR) is 87.1 cm³/mol. The average Bonchev–Trinajstić information content (AvgIpc) is 2.53. The molecule has 1 aromatic carbocycles. The Hall–Kier alpha value is -1.55. The third-order valence-corrected chi connectivity index (χ3v) is 4.53. The summed E-state index contributed by atoms with van der Waals surface area (Å²) < 4.78 is 10.6. The molecule has 0 bridgehead atoms. The van der Waals surface area contributed by atoms with E-state index in [1.807, 2.05) is 36.2 Å². The van der Waals surface area contributed by atoms with Crippen LogP contribution in [-0.4, -0.2) is 44.7 Å². The maximum Gasteiger partial charge on any atom is 0.222 e. The van der Waals surface area contributed by atoms with E-state index >= 15 is 0 Å². The van der Waals surface area contributed by atoms with Gasteiger partial charge in [-0.3, -0.25) is 4.79 Å². The first-order chi connectivity index (χ1) is 10.5. The first-order valence-electron chi connectivity index (χ1n) is 7.97. The highest BCUT2D eigenvalue weighted by Gasteiger charge is 2.29. The van der Waals surface area contributed by atoms with Crippen LogP contribution in [0.15, 0.2) is 24.3 Å². The van der Waals surface area contributed by atoms with Gasteiger partial charge in [-0.15, -0.1) is 0 Å². The van der Waals surface area contributed by atoms with Crippen LogP contribution in [0, 0.1) is 5.41 Å². The molecule has 0 N–H and O–H groups in total. The number of hydrogen-bond acceptors (Lipinski definition) is 3. The van der Waals surface area contributed by atoms with E-state index in [4.69, 9.17) is 9.47 Å². The summed E-state index contributed by atoms with van der Waals surface area (Å²) in [5, 5.41) is 0. The van der Waals surface area contributed by atoms with Crippen LogP contribution in [0.1, 0.15) is 31.7 Å². The molecule has 4 heteroatoms. The van der Waals surface area contributed by atoms with Gasteiger partial charge in [0.2, 0.25) is 5.91 Å². The van der Waals surface area contributed by atoms with Crippen LogP contribution in [0.5, 0.6) is 5.75 Å². The van der Waals surface area contributed by atoms with Crippen LogP contribution in [-0.2, 0) is 16.0 Å². The Morgan fingerprint density at radius 1 is 1.27 bits per heavy atom. The minimum atomic E-state index is 0.197. The molecular formula is C18H27NO3. The summed E-state index contributed by atoms with van der Waals surface area (Å²) in [6.07, 6.45) is 3.38. The molecule has 0 atom stereocenters. The van der Waals surface area contributed by atoms with E-state index in [-0.39, 0.29) is 11.3 Å². The second-order valence-electron chi connectivity index (χ2n) is 6.52. The lowest BCUT2D eigenvalue weighted by Crippen LogP contribution is -2.40. The molecule has 1 aliphatic heterocycles. The minimum Gasteiger partial charge on any atom is -0.497 e. The number of hydrogen-bond donors (Lipinski definition) is 0. The van der Waals surface area contributed by atoms with Crippen molar-refractivity contribution >= 4 is 5.91 Å². The van der Waals surface area contributed by atoms with Gasteiger partial charge in [-0.05, 0) is 42.4 Å². The van der Waals surface area contributed by atoms with Gasteiger partial charge in [0.15, 0.2) is 0 Å². The van der Waals surface area contributed by atoms with Crippen molar-refractivity contribution in [3.8, 4) is 5.75 Å². The number of amides is 1. The Morgan fingerprint density at radius 2 is 1.91 bits per heavy atom. The number of rotatable bonds is 6. The SMILES string of the molecule is COc1ccc(CCC(=O)N(C)CC2(C)CCOCC2)cc1. The molecule has 1 amide bonds. The van der Waals surface area contributed by atoms with Gasteiger partial charge in [-0.25, -0.2) is 0 Å². The molecule has 0 radical (unpaired) electrons. The summed E-state index contributed by atoms with van der Waals surface area (Å²) in [5.41, 5.74) is 1.36. The van der Waals surface area contributed by atoms with Gasteiger partial charge in [0, 0.05) is 33.2 Å². The van der Waals surface area contributed by atoms with Crippen molar-refractivity contribution in [1.29, 1.82) is 0 Å². The van der Waals surface area contributed by atoms with Gasteiger partial charge in [0.1, 0.15) is 5.75 Å². The highest BCUT2D eigenvalue weighted by Crippen LogP contribution is 2.30. The topological polar surface area (TPSA) is 38.8 Å². The molecule has 122 valence electrons. The second kappa shape index (κ2) is 7.63. The van der Waals surface area contributed by atoms with Crippen molar-refractivity contribution in [1.82, 2.24) is 4.90 Å². The molecular weight excluding hydrogens is 278 g/mol. The third kappa shape index (κ3) is 4.73. The van der Waals surface area contributed by atoms with E-state index in [1.54, 1.807) is 7.11 Å². The highest BCUT2D eigenvalue weighted by atomic mass is 16.5. The number of benzene rings is 1. The van der Waals surface area contributed by atoms with Crippen LogP contribution in [0.3, 0.4) is 0 Å². The largest absolute Gasteiger partial charge is 0.497 e. The van der Waals surface area contributed by atoms with Crippen molar-refractivity contribution in [3.05, 3.63) is 29.8 Å². The molecule has 0 unspecified atom stereocenters. The van der Waals surface area contributed by atoms with E-state index in [1.165, 1.54) is 5.56 Å². The van der Waals surface area contributed by atoms with Crippen molar-refractivity contribution < 1.29 is 14.3 Å². The number of methoxy groups -OCH3 is 1. The van der Waals surface area contributed by atoms with Crippen LogP contribution in [0.2, 0.25) is 0 Å². The van der Waals surface area contributed by atoms with E-state index in [2.05, 4.69) is 6.92 Å². The van der Waals surface area contributed by atoms with Gasteiger partial charge in [0.25, 0.3) is 0 Å². The van der Waals surface area contributed by atoms with E-state index in [9.17, 15) is 4.79 Å². The Labute approximate surface area is 133 Å². The van der Waals surface area contributed by atoms with Gasteiger partial charge < -0.3 is 14.4 Å². The lowest BCUT2D eigenvalue weighted by atomic mass is 9.82. The summed E-state index contributed by atoms with van der Waals surface area (Å²) >= 11 is 0. The van der Waals surface area contributed by atoms with Crippen molar-refractivity contribution in [2.75, 3.05) is 33.9 Å². The van der Waals surface area contributed by atoms with Gasteiger partial charge in [-0.2, -0.15) is 0 Å². The highest BCUT2D eigenvalue weighted by molar-refractivity contribution is 5.76. The Kier molecular flexibility index (Phi) is 5.83. The van der Waals surface area contributed by atoms with Crippen molar-refractivity contribution in [2.24, 2.45) is 5.41 Å². The summed E-state index contributed by atoms with van der Waals surface area (Å²) in [6, 6.07) is 7.91. The molecule has 0 aromatic heterocycles. The molecule has 0 aliphatic carbocycles. The van der Waals surface area contributed by atoms with Crippen LogP contribution in [0.4, 0.5) is 0 Å². The number of carbonyl (C=O) groups excluding carboxylic acids is 1. The summed E-state index contributed by atoms with van der Waals surface area (Å²) in [6.45, 7) is 4.69. The molecule has 2 rings (SSSR count). The molecule has 0 saturated carbocycles. The lowest BCUT2D eigenvalue weighted by Gasteiger charge is -2.36. The molecule has 1 aliphatic rings. The monoisotopic (exact) mass is 305 g/mol. The molecule has 1 heterocycles. The Bertz CT molecular complexity index is 478. The fourth-order valence-corrected chi connectivity index (χ4v) is 2.92. The van der Waals surface area contributed by atoms with Crippen molar-refractivity contribution in [2.45, 2.75) is 32.6 Å². The predicted octanol–water partition coefficient (Wildman–Crippen LogP) is 2.90. The Balaban J connectivity index is 1.80. The standard InChI is InChI=1S/C18H27NO3/c1-18(10-12-22-13-11-18)14-19(2)17(20)9-6-15-4-7-16(21-3)8-5-15/h4-5,7-8H,6,9-14H2,1-3H3. The number of carbonyl (C=O) groups is 1. The maximum atomic E-state index is 12.3. The third-order valence-electron chi connectivity index (χ3n) is 4.53. The van der Waals surface area contributed by atoms with Gasteiger partial charge >= 0.3 is 0 Å². The Morgan fingerprint density at radius 3 is 2.50 bits per heavy atom. The first-order valence-corrected chi connectivity index (χ1v) is 7.97. The zero-order valence-electron chi connectivity index (χ0n) is 13.9. The summed E-state index contributed by atoms with van der Waals surface area (Å²) in [5.74, 6) is 1.06. The summed E-state index contributed by atoms with van der Waals surface area (Å²) in [7, 11) is 3.57. The number of nitrogens with zero attached hydrogens (tertiary/aromatic N) is 1. The van der Waals surface area contributed by atoms with Crippen LogP contribution >= 0.6 is 0 Å².